The van der Waals surface area contributed by atoms with E-state index in [1.807, 2.05) is 0 Å². The molecule has 0 saturated heterocycles. The van der Waals surface area contributed by atoms with E-state index in [1.54, 1.807) is 0 Å². The Morgan fingerprint density at radius 2 is 1.60 bits per heavy atom. The first-order chi connectivity index (χ1) is 11.0. The Balaban J connectivity index is 0. The smallest absolute Gasteiger partial charge is 0.0243 e. The first kappa shape index (κ1) is 25.7. The van der Waals surface area contributed by atoms with Crippen molar-refractivity contribution in [3.8, 4) is 0 Å². The molecule has 0 amide bonds. The van der Waals surface area contributed by atoms with Crippen molar-refractivity contribution in [3.63, 3.8) is 0 Å². The summed E-state index contributed by atoms with van der Waals surface area (Å²) in [5.41, 5.74) is 8.17. The molecule has 1 rings (SSSR count). The van der Waals surface area contributed by atoms with Crippen LogP contribution in [-0.2, 0) is 0 Å². The molecule has 25 heavy (non-hydrogen) atoms. The maximum absolute atomic E-state index is 4.31. The molecule has 1 fully saturated rings. The quantitative estimate of drug-likeness (QED) is 0.355. The normalized spacial score (nSPS) is 19.5. The van der Waals surface area contributed by atoms with Gasteiger partial charge in [0.15, 0.2) is 0 Å². The van der Waals surface area contributed by atoms with Crippen molar-refractivity contribution in [3.05, 3.63) is 71.9 Å². The van der Waals surface area contributed by atoms with E-state index in [1.165, 1.54) is 34.3 Å². The second kappa shape index (κ2) is 11.1. The van der Waals surface area contributed by atoms with Crippen molar-refractivity contribution >= 4 is 0 Å². The van der Waals surface area contributed by atoms with E-state index in [9.17, 15) is 0 Å². The SMILES string of the molecule is C.C=C.C=C1CCC(C(C)(C)C)C/C1=C/C(/C=C(\C)C(=C)C)=C(C)C. The Bertz CT molecular complexity index is 551. The second-order valence-corrected chi connectivity index (χ2v) is 8.14. The molecule has 1 atom stereocenters. The fourth-order valence-electron chi connectivity index (χ4n) is 2.80. The number of hydrogen-bond donors (Lipinski definition) is 0. The fraction of sp³-hybridized carbons (Fsp3) is 0.520. The van der Waals surface area contributed by atoms with Gasteiger partial charge in [0.05, 0.1) is 0 Å². The average Bonchev–Trinajstić information content (AvgIpc) is 2.49. The van der Waals surface area contributed by atoms with Crippen LogP contribution in [0.1, 0.15) is 75.2 Å². The van der Waals surface area contributed by atoms with E-state index in [-0.39, 0.29) is 7.43 Å². The van der Waals surface area contributed by atoms with Crippen LogP contribution in [0.25, 0.3) is 0 Å². The molecule has 0 aromatic heterocycles. The zero-order chi connectivity index (χ0) is 19.1. The highest BCUT2D eigenvalue weighted by Crippen LogP contribution is 2.42. The molecule has 0 aliphatic heterocycles. The number of hydrogen-bond acceptors (Lipinski definition) is 0. The van der Waals surface area contributed by atoms with Gasteiger partial charge in [0.1, 0.15) is 0 Å². The van der Waals surface area contributed by atoms with Gasteiger partial charge < -0.3 is 0 Å². The van der Waals surface area contributed by atoms with Gasteiger partial charge in [-0.3, -0.25) is 0 Å². The van der Waals surface area contributed by atoms with Crippen LogP contribution in [0.4, 0.5) is 0 Å². The summed E-state index contributed by atoms with van der Waals surface area (Å²) in [7, 11) is 0. The Labute approximate surface area is 158 Å². The molecule has 1 aliphatic rings. The van der Waals surface area contributed by atoms with E-state index < -0.39 is 0 Å². The molecule has 0 bridgehead atoms. The van der Waals surface area contributed by atoms with Crippen molar-refractivity contribution in [2.45, 2.75) is 75.2 Å². The van der Waals surface area contributed by atoms with Crippen LogP contribution >= 0.6 is 0 Å². The molecule has 0 nitrogen and oxygen atoms in total. The summed E-state index contributed by atoms with van der Waals surface area (Å²) >= 11 is 0. The fourth-order valence-corrected chi connectivity index (χ4v) is 2.80. The first-order valence-electron chi connectivity index (χ1n) is 8.92. The van der Waals surface area contributed by atoms with Gasteiger partial charge in [0, 0.05) is 0 Å². The zero-order valence-corrected chi connectivity index (χ0v) is 17.2. The molecular weight excluding hydrogens is 300 g/mol. The van der Waals surface area contributed by atoms with Crippen LogP contribution in [0.2, 0.25) is 0 Å². The molecule has 1 saturated carbocycles. The van der Waals surface area contributed by atoms with Gasteiger partial charge in [-0.05, 0) is 75.0 Å². The van der Waals surface area contributed by atoms with Crippen molar-refractivity contribution in [2.24, 2.45) is 11.3 Å². The topological polar surface area (TPSA) is 0 Å². The summed E-state index contributed by atoms with van der Waals surface area (Å²) in [6.07, 6.45) is 8.18. The van der Waals surface area contributed by atoms with Gasteiger partial charge in [0.25, 0.3) is 0 Å². The van der Waals surface area contributed by atoms with Crippen molar-refractivity contribution in [2.75, 3.05) is 0 Å². The summed E-state index contributed by atoms with van der Waals surface area (Å²) in [5, 5.41) is 0. The lowest BCUT2D eigenvalue weighted by Gasteiger charge is -2.36. The molecule has 0 heterocycles. The van der Waals surface area contributed by atoms with Crippen LogP contribution in [-0.4, -0.2) is 0 Å². The summed E-state index contributed by atoms with van der Waals surface area (Å²) < 4.78 is 0. The first-order valence-corrected chi connectivity index (χ1v) is 8.92. The van der Waals surface area contributed by atoms with E-state index >= 15 is 0 Å². The van der Waals surface area contributed by atoms with Crippen molar-refractivity contribution in [1.82, 2.24) is 0 Å². The van der Waals surface area contributed by atoms with Gasteiger partial charge in [0.2, 0.25) is 0 Å². The Morgan fingerprint density at radius 1 is 1.08 bits per heavy atom. The summed E-state index contributed by atoms with van der Waals surface area (Å²) in [6.45, 7) is 30.0. The lowest BCUT2D eigenvalue weighted by Crippen LogP contribution is -2.24. The predicted molar refractivity (Wildman–Crippen MR) is 119 cm³/mol. The molecule has 0 heteroatoms. The van der Waals surface area contributed by atoms with Gasteiger partial charge in [-0.1, -0.05) is 70.2 Å². The molecular formula is C25H42. The van der Waals surface area contributed by atoms with Crippen molar-refractivity contribution in [1.29, 1.82) is 0 Å². The van der Waals surface area contributed by atoms with Gasteiger partial charge in [-0.15, -0.1) is 13.2 Å². The average molecular weight is 343 g/mol. The Morgan fingerprint density at radius 3 is 2.00 bits per heavy atom. The minimum absolute atomic E-state index is 0. The number of rotatable bonds is 3. The Hall–Kier alpha value is -1.56. The van der Waals surface area contributed by atoms with Crippen LogP contribution in [0.15, 0.2) is 71.9 Å². The van der Waals surface area contributed by atoms with Gasteiger partial charge in [-0.25, -0.2) is 0 Å². The lowest BCUT2D eigenvalue weighted by molar-refractivity contribution is 0.215. The molecule has 0 aromatic rings. The van der Waals surface area contributed by atoms with E-state index in [0.717, 1.165) is 24.3 Å². The molecule has 142 valence electrons. The van der Waals surface area contributed by atoms with Crippen LogP contribution in [0.3, 0.4) is 0 Å². The summed E-state index contributed by atoms with van der Waals surface area (Å²) in [4.78, 5) is 0. The molecule has 0 radical (unpaired) electrons. The summed E-state index contributed by atoms with van der Waals surface area (Å²) in [6, 6.07) is 0. The highest BCUT2D eigenvalue weighted by Gasteiger charge is 2.29. The van der Waals surface area contributed by atoms with E-state index in [2.05, 4.69) is 86.9 Å². The maximum atomic E-state index is 4.31. The van der Waals surface area contributed by atoms with Crippen LogP contribution in [0, 0.1) is 11.3 Å². The number of allylic oxidation sites excluding steroid dienone is 8. The maximum Gasteiger partial charge on any atom is -0.0243 e. The van der Waals surface area contributed by atoms with Crippen LogP contribution in [0.5, 0.6) is 0 Å². The minimum Gasteiger partial charge on any atom is -0.106 e. The van der Waals surface area contributed by atoms with Gasteiger partial charge >= 0.3 is 0 Å². The van der Waals surface area contributed by atoms with E-state index in [4.69, 9.17) is 0 Å². The second-order valence-electron chi connectivity index (χ2n) is 8.14. The van der Waals surface area contributed by atoms with Crippen LogP contribution < -0.4 is 0 Å². The van der Waals surface area contributed by atoms with Gasteiger partial charge in [-0.2, -0.15) is 0 Å². The zero-order valence-electron chi connectivity index (χ0n) is 17.2. The van der Waals surface area contributed by atoms with E-state index in [0.29, 0.717) is 5.41 Å². The molecule has 1 aliphatic carbocycles. The molecule has 1 unspecified atom stereocenters. The predicted octanol–water partition coefficient (Wildman–Crippen LogP) is 8.61. The van der Waals surface area contributed by atoms with Crippen molar-refractivity contribution < 1.29 is 0 Å². The third-order valence-corrected chi connectivity index (χ3v) is 4.89. The summed E-state index contributed by atoms with van der Waals surface area (Å²) in [5.74, 6) is 0.744. The minimum atomic E-state index is 0. The third kappa shape index (κ3) is 8.38. The highest BCUT2D eigenvalue weighted by atomic mass is 14.3. The third-order valence-electron chi connectivity index (χ3n) is 4.89. The highest BCUT2D eigenvalue weighted by molar-refractivity contribution is 5.46. The lowest BCUT2D eigenvalue weighted by atomic mass is 9.69. The standard InChI is InChI=1S/C22H34.C2H4.CH4/c1-15(2)18(6)12-19(16(3)4)13-20-14-21(22(7,8)9)11-10-17(20)5;1-2;/h12-13,21H,1,5,10-11,14H2,2-4,6-9H3;1-2H2;1H4/b18-12+,20-13-;;. The largest absolute Gasteiger partial charge is 0.106 e. The molecule has 0 N–H and O–H groups in total. The Kier molecular flexibility index (Phi) is 11.4. The molecule has 0 aromatic carbocycles. The molecule has 0 spiro atoms. The monoisotopic (exact) mass is 342 g/mol.